The highest BCUT2D eigenvalue weighted by atomic mass is 32.1. The molecule has 0 saturated carbocycles. The molecule has 0 aliphatic carbocycles. The van der Waals surface area contributed by atoms with Gasteiger partial charge in [-0.1, -0.05) is 6.92 Å². The molecule has 0 aliphatic rings. The van der Waals surface area contributed by atoms with Crippen molar-refractivity contribution in [3.05, 3.63) is 59.5 Å². The second-order valence-corrected chi connectivity index (χ2v) is 7.78. The molecule has 1 aromatic carbocycles. The third-order valence-corrected chi connectivity index (χ3v) is 6.05. The lowest BCUT2D eigenvalue weighted by Crippen LogP contribution is -2.17. The summed E-state index contributed by atoms with van der Waals surface area (Å²) >= 11 is 1.57. The summed E-state index contributed by atoms with van der Waals surface area (Å²) < 4.78 is 15.4. The van der Waals surface area contributed by atoms with Crippen molar-refractivity contribution >= 4 is 33.6 Å². The monoisotopic (exact) mass is 409 g/mol. The fourth-order valence-electron chi connectivity index (χ4n) is 3.33. The summed E-state index contributed by atoms with van der Waals surface area (Å²) in [5, 5.41) is 2.87. The van der Waals surface area contributed by atoms with Crippen molar-refractivity contribution in [2.24, 2.45) is 0 Å². The first-order valence-corrected chi connectivity index (χ1v) is 10.6. The fraction of sp³-hybridized carbons (Fsp3) is 0.273. The van der Waals surface area contributed by atoms with Gasteiger partial charge in [-0.2, -0.15) is 0 Å². The highest BCUT2D eigenvalue weighted by Crippen LogP contribution is 2.34. The maximum Gasteiger partial charge on any atom is 0.191 e. The van der Waals surface area contributed by atoms with Crippen molar-refractivity contribution in [1.82, 2.24) is 14.4 Å². The topological polar surface area (TPSA) is 36.7 Å². The van der Waals surface area contributed by atoms with Gasteiger partial charge < -0.3 is 9.80 Å². The minimum Gasteiger partial charge on any atom is -0.374 e. The van der Waals surface area contributed by atoms with E-state index >= 15 is 0 Å². The van der Waals surface area contributed by atoms with Gasteiger partial charge >= 0.3 is 0 Å². The van der Waals surface area contributed by atoms with Gasteiger partial charge in [-0.05, 0) is 49.7 Å². The Kier molecular flexibility index (Phi) is 5.24. The van der Waals surface area contributed by atoms with Gasteiger partial charge in [-0.15, -0.1) is 11.3 Å². The molecule has 0 N–H and O–H groups in total. The predicted octanol–water partition coefficient (Wildman–Crippen LogP) is 5.38. The zero-order valence-corrected chi connectivity index (χ0v) is 17.9. The molecular formula is C22H24FN5S. The van der Waals surface area contributed by atoms with Crippen LogP contribution >= 0.6 is 11.3 Å². The molecule has 0 amide bonds. The van der Waals surface area contributed by atoms with Gasteiger partial charge in [-0.25, -0.2) is 14.4 Å². The maximum absolute atomic E-state index is 13.2. The summed E-state index contributed by atoms with van der Waals surface area (Å²) in [6.07, 6.45) is 2.96. The van der Waals surface area contributed by atoms with E-state index in [1.165, 1.54) is 12.1 Å². The van der Waals surface area contributed by atoms with Gasteiger partial charge in [0, 0.05) is 37.8 Å². The molecule has 4 aromatic rings. The number of benzene rings is 1. The van der Waals surface area contributed by atoms with E-state index in [9.17, 15) is 4.39 Å². The third kappa shape index (κ3) is 3.58. The van der Waals surface area contributed by atoms with Gasteiger partial charge in [0.15, 0.2) is 5.13 Å². The minimum atomic E-state index is -0.243. The van der Waals surface area contributed by atoms with Crippen LogP contribution in [0.4, 0.5) is 21.0 Å². The van der Waals surface area contributed by atoms with Crippen LogP contribution in [-0.4, -0.2) is 35.0 Å². The molecule has 0 radical (unpaired) electrons. The molecule has 150 valence electrons. The van der Waals surface area contributed by atoms with Gasteiger partial charge in [0.1, 0.15) is 17.3 Å². The van der Waals surface area contributed by atoms with E-state index in [1.807, 2.05) is 12.4 Å². The number of anilines is 3. The summed E-state index contributed by atoms with van der Waals surface area (Å²) in [7, 11) is 4.10. The Morgan fingerprint density at radius 2 is 1.79 bits per heavy atom. The number of hydrogen-bond donors (Lipinski definition) is 0. The van der Waals surface area contributed by atoms with Crippen molar-refractivity contribution < 1.29 is 4.39 Å². The van der Waals surface area contributed by atoms with Crippen LogP contribution in [0.15, 0.2) is 48.0 Å². The second kappa shape index (κ2) is 7.83. The molecule has 0 fully saturated rings. The molecule has 0 aliphatic heterocycles. The number of halogens is 1. The van der Waals surface area contributed by atoms with Gasteiger partial charge in [0.2, 0.25) is 0 Å². The van der Waals surface area contributed by atoms with Crippen LogP contribution in [0.25, 0.3) is 16.9 Å². The van der Waals surface area contributed by atoms with Crippen molar-refractivity contribution in [2.45, 2.75) is 20.3 Å². The first-order valence-electron chi connectivity index (χ1n) is 9.69. The van der Waals surface area contributed by atoms with Crippen LogP contribution < -0.4 is 9.80 Å². The summed E-state index contributed by atoms with van der Waals surface area (Å²) in [4.78, 5) is 13.9. The normalized spacial score (nSPS) is 11.2. The second-order valence-electron chi connectivity index (χ2n) is 6.95. The van der Waals surface area contributed by atoms with E-state index in [-0.39, 0.29) is 5.82 Å². The lowest BCUT2D eigenvalue weighted by molar-refractivity contribution is 0.628. The molecule has 0 unspecified atom stereocenters. The van der Waals surface area contributed by atoms with Crippen LogP contribution in [0.1, 0.15) is 19.5 Å². The van der Waals surface area contributed by atoms with Gasteiger partial charge in [-0.3, -0.25) is 4.40 Å². The molecule has 0 atom stereocenters. The Hall–Kier alpha value is -2.93. The molecule has 3 aromatic heterocycles. The van der Waals surface area contributed by atoms with E-state index < -0.39 is 0 Å². The third-order valence-electron chi connectivity index (χ3n) is 5.13. The molecule has 3 heterocycles. The van der Waals surface area contributed by atoms with E-state index in [4.69, 9.17) is 9.97 Å². The van der Waals surface area contributed by atoms with E-state index in [2.05, 4.69) is 53.4 Å². The number of aryl methyl sites for hydroxylation is 1. The highest BCUT2D eigenvalue weighted by molar-refractivity contribution is 7.14. The smallest absolute Gasteiger partial charge is 0.191 e. The highest BCUT2D eigenvalue weighted by Gasteiger charge is 2.19. The quantitative estimate of drug-likeness (QED) is 0.428. The van der Waals surface area contributed by atoms with Crippen molar-refractivity contribution in [3.8, 4) is 11.3 Å². The van der Waals surface area contributed by atoms with Gasteiger partial charge in [0.25, 0.3) is 0 Å². The van der Waals surface area contributed by atoms with Crippen molar-refractivity contribution in [1.29, 1.82) is 0 Å². The number of hydrogen-bond acceptors (Lipinski definition) is 5. The Morgan fingerprint density at radius 3 is 2.48 bits per heavy atom. The number of nitrogens with zero attached hydrogens (tertiary/aromatic N) is 5. The summed E-state index contributed by atoms with van der Waals surface area (Å²) in [6, 6.07) is 10.6. The molecule has 4 rings (SSSR count). The van der Waals surface area contributed by atoms with E-state index in [0.717, 1.165) is 52.2 Å². The lowest BCUT2D eigenvalue weighted by atomic mass is 10.2. The van der Waals surface area contributed by atoms with E-state index in [0.29, 0.717) is 0 Å². The Morgan fingerprint density at radius 1 is 1.03 bits per heavy atom. The number of pyridine rings is 1. The SMILES string of the molecule is CCc1nc2ccc(N(C)CC)cn2c1N(C)c1nc(-c2ccc(F)cc2)cs1. The van der Waals surface area contributed by atoms with Crippen LogP contribution in [0.2, 0.25) is 0 Å². The van der Waals surface area contributed by atoms with Crippen molar-refractivity contribution in [3.63, 3.8) is 0 Å². The summed E-state index contributed by atoms with van der Waals surface area (Å²) in [5.74, 6) is 0.779. The van der Waals surface area contributed by atoms with Crippen LogP contribution in [0.3, 0.4) is 0 Å². The van der Waals surface area contributed by atoms with Crippen LogP contribution in [-0.2, 0) is 6.42 Å². The zero-order chi connectivity index (χ0) is 20.5. The number of thiazole rings is 1. The van der Waals surface area contributed by atoms with Gasteiger partial charge in [0.05, 0.1) is 17.1 Å². The first-order chi connectivity index (χ1) is 14.0. The Labute approximate surface area is 174 Å². The molecule has 0 bridgehead atoms. The largest absolute Gasteiger partial charge is 0.374 e. The Bertz CT molecular complexity index is 1130. The van der Waals surface area contributed by atoms with Crippen LogP contribution in [0.5, 0.6) is 0 Å². The lowest BCUT2D eigenvalue weighted by Gasteiger charge is -2.20. The molecule has 5 nitrogen and oxygen atoms in total. The zero-order valence-electron chi connectivity index (χ0n) is 17.1. The summed E-state index contributed by atoms with van der Waals surface area (Å²) in [6.45, 7) is 5.18. The Balaban J connectivity index is 1.76. The molecular weight excluding hydrogens is 385 g/mol. The first kappa shape index (κ1) is 19.4. The minimum absolute atomic E-state index is 0.243. The molecule has 0 saturated heterocycles. The van der Waals surface area contributed by atoms with Crippen LogP contribution in [0, 0.1) is 5.82 Å². The summed E-state index contributed by atoms with van der Waals surface area (Å²) in [5.41, 5.74) is 4.84. The van der Waals surface area contributed by atoms with E-state index in [1.54, 1.807) is 23.5 Å². The molecule has 29 heavy (non-hydrogen) atoms. The average Bonchev–Trinajstić information content (AvgIpc) is 3.37. The number of imidazole rings is 1. The maximum atomic E-state index is 13.2. The number of aromatic nitrogens is 3. The van der Waals surface area contributed by atoms with Crippen molar-refractivity contribution in [2.75, 3.05) is 30.4 Å². The molecule has 7 heteroatoms. The number of rotatable bonds is 6. The predicted molar refractivity (Wildman–Crippen MR) is 119 cm³/mol. The fourth-order valence-corrected chi connectivity index (χ4v) is 4.13. The molecule has 0 spiro atoms. The number of fused-ring (bicyclic) bond motifs is 1. The standard InChI is InChI=1S/C22H24FN5S/c1-5-18-21(28-13-17(26(3)6-2)11-12-20(28)24-18)27(4)22-25-19(14-29-22)15-7-9-16(23)10-8-15/h7-14H,5-6H2,1-4H3. The average molecular weight is 410 g/mol.